The van der Waals surface area contributed by atoms with Gasteiger partial charge in [0.25, 0.3) is 0 Å². The van der Waals surface area contributed by atoms with Crippen LogP contribution in [0.5, 0.6) is 0 Å². The molecule has 0 radical (unpaired) electrons. The van der Waals surface area contributed by atoms with Crippen LogP contribution >= 0.6 is 0 Å². The molecular weight excluding hydrogens is 496 g/mol. The third-order valence-corrected chi connectivity index (χ3v) is 7.35. The fourth-order valence-corrected chi connectivity index (χ4v) is 4.79. The van der Waals surface area contributed by atoms with Crippen molar-refractivity contribution in [2.75, 3.05) is 13.2 Å². The van der Waals surface area contributed by atoms with Gasteiger partial charge in [0.2, 0.25) is 0 Å². The van der Waals surface area contributed by atoms with Crippen LogP contribution < -0.4 is 0 Å². The van der Waals surface area contributed by atoms with Crippen molar-refractivity contribution in [3.05, 3.63) is 0 Å². The van der Waals surface area contributed by atoms with Crippen LogP contribution in [0.4, 0.5) is 0 Å². The Balaban J connectivity index is 0. The van der Waals surface area contributed by atoms with Gasteiger partial charge in [-0.1, -0.05) is 169 Å². The van der Waals surface area contributed by atoms with E-state index in [-0.39, 0.29) is 11.9 Å². The molecule has 0 bridgehead atoms. The van der Waals surface area contributed by atoms with Crippen molar-refractivity contribution in [2.45, 2.75) is 202 Å². The van der Waals surface area contributed by atoms with Crippen molar-refractivity contribution in [3.8, 4) is 0 Å². The zero-order chi connectivity index (χ0) is 29.9. The molecule has 0 saturated carbocycles. The predicted octanol–water partition coefficient (Wildman–Crippen LogP) is 11.9. The first-order valence-corrected chi connectivity index (χ1v) is 17.8. The van der Waals surface area contributed by atoms with Gasteiger partial charge in [0.1, 0.15) is 0 Å². The van der Waals surface area contributed by atoms with Gasteiger partial charge in [-0.15, -0.1) is 0 Å². The second-order valence-corrected chi connectivity index (χ2v) is 12.2. The molecule has 0 aliphatic carbocycles. The Morgan fingerprint density at radius 2 is 0.700 bits per heavy atom. The molecule has 0 saturated heterocycles. The molecule has 40 heavy (non-hydrogen) atoms. The quantitative estimate of drug-likeness (QED) is 0.0665. The minimum Gasteiger partial charge on any atom is -0.466 e. The summed E-state index contributed by atoms with van der Waals surface area (Å²) in [5.74, 6) is 0.388. The van der Waals surface area contributed by atoms with Gasteiger partial charge in [0.05, 0.1) is 13.2 Å². The van der Waals surface area contributed by atoms with E-state index in [2.05, 4.69) is 27.7 Å². The fraction of sp³-hybridized carbons (Fsp3) is 0.944. The van der Waals surface area contributed by atoms with Gasteiger partial charge in [-0.2, -0.15) is 0 Å². The maximum absolute atomic E-state index is 11.5. The molecule has 0 spiro atoms. The van der Waals surface area contributed by atoms with Crippen LogP contribution in [0.1, 0.15) is 202 Å². The van der Waals surface area contributed by atoms with E-state index in [9.17, 15) is 9.59 Å². The molecule has 0 rings (SSSR count). The Hall–Kier alpha value is -1.06. The monoisotopic (exact) mass is 569 g/mol. The average molecular weight is 569 g/mol. The number of carbonyl (C=O) groups excluding carboxylic acids is 2. The van der Waals surface area contributed by atoms with E-state index in [4.69, 9.17) is 9.47 Å². The van der Waals surface area contributed by atoms with Crippen LogP contribution in [-0.2, 0) is 19.1 Å². The minimum absolute atomic E-state index is 0.0154. The molecule has 0 aromatic rings. The van der Waals surface area contributed by atoms with E-state index in [1.54, 1.807) is 0 Å². The smallest absolute Gasteiger partial charge is 0.305 e. The Kier molecular flexibility index (Phi) is 36.9. The predicted molar refractivity (Wildman–Crippen MR) is 174 cm³/mol. The number of hydrogen-bond donors (Lipinski definition) is 0. The van der Waals surface area contributed by atoms with Crippen molar-refractivity contribution in [1.29, 1.82) is 0 Å². The molecule has 0 fully saturated rings. The van der Waals surface area contributed by atoms with Crippen LogP contribution in [-0.4, -0.2) is 25.2 Å². The highest BCUT2D eigenvalue weighted by atomic mass is 16.5. The molecule has 0 amide bonds. The number of ether oxygens (including phenoxy) is 2. The molecule has 0 atom stereocenters. The molecule has 4 nitrogen and oxygen atoms in total. The van der Waals surface area contributed by atoms with Gasteiger partial charge in [0.15, 0.2) is 0 Å². The highest BCUT2D eigenvalue weighted by Gasteiger charge is 2.04. The maximum atomic E-state index is 11.5. The lowest BCUT2D eigenvalue weighted by Crippen LogP contribution is -2.09. The van der Waals surface area contributed by atoms with Gasteiger partial charge in [-0.3, -0.25) is 9.59 Å². The molecular formula is C36H72O4. The third-order valence-electron chi connectivity index (χ3n) is 7.35. The van der Waals surface area contributed by atoms with E-state index in [1.807, 2.05) is 6.92 Å². The standard InChI is InChI=1S/C22H44O2.C14H28O2/c1-4-5-6-7-8-9-10-11-12-13-14-15-16-17-18-19-22(23)24-20-21(2)3;1-3-5-6-7-8-9-10-11-12-13-14(15)16-4-2/h21H,4-20H2,1-3H3;3-13H2,1-2H3. The summed E-state index contributed by atoms with van der Waals surface area (Å²) in [6.07, 6.45) is 33.1. The van der Waals surface area contributed by atoms with Gasteiger partial charge in [-0.05, 0) is 25.7 Å². The summed E-state index contributed by atoms with van der Waals surface area (Å²) in [4.78, 5) is 22.5. The number of esters is 2. The Bertz CT molecular complexity index is 503. The number of unbranched alkanes of at least 4 members (excludes halogenated alkanes) is 22. The van der Waals surface area contributed by atoms with E-state index in [0.717, 1.165) is 12.8 Å². The summed E-state index contributed by atoms with van der Waals surface area (Å²) in [5, 5.41) is 0. The Morgan fingerprint density at radius 3 is 0.975 bits per heavy atom. The third kappa shape index (κ3) is 39.1. The number of carbonyl (C=O) groups is 2. The van der Waals surface area contributed by atoms with Crippen LogP contribution in [0.25, 0.3) is 0 Å². The summed E-state index contributed by atoms with van der Waals surface area (Å²) in [7, 11) is 0. The van der Waals surface area contributed by atoms with Gasteiger partial charge >= 0.3 is 11.9 Å². The molecule has 0 heterocycles. The average Bonchev–Trinajstić information content (AvgIpc) is 2.93. The molecule has 0 N–H and O–H groups in total. The zero-order valence-electron chi connectivity index (χ0n) is 28.0. The molecule has 4 heteroatoms. The second kappa shape index (κ2) is 36.0. The number of rotatable bonds is 29. The first-order chi connectivity index (χ1) is 19.5. The summed E-state index contributed by atoms with van der Waals surface area (Å²) < 4.78 is 10.1. The van der Waals surface area contributed by atoms with E-state index < -0.39 is 0 Å². The molecule has 0 aromatic carbocycles. The van der Waals surface area contributed by atoms with Crippen LogP contribution in [0.3, 0.4) is 0 Å². The summed E-state index contributed by atoms with van der Waals surface area (Å²) in [5.41, 5.74) is 0. The lowest BCUT2D eigenvalue weighted by Gasteiger charge is -2.07. The minimum atomic E-state index is -0.0366. The second-order valence-electron chi connectivity index (χ2n) is 12.2. The normalized spacial score (nSPS) is 10.8. The van der Waals surface area contributed by atoms with Crippen molar-refractivity contribution in [1.82, 2.24) is 0 Å². The zero-order valence-corrected chi connectivity index (χ0v) is 28.0. The van der Waals surface area contributed by atoms with Gasteiger partial charge in [-0.25, -0.2) is 0 Å². The maximum Gasteiger partial charge on any atom is 0.305 e. The first-order valence-electron chi connectivity index (χ1n) is 17.8. The Morgan fingerprint density at radius 1 is 0.425 bits per heavy atom. The molecule has 0 aromatic heterocycles. The highest BCUT2D eigenvalue weighted by Crippen LogP contribution is 2.14. The van der Waals surface area contributed by atoms with Crippen LogP contribution in [0.15, 0.2) is 0 Å². The fourth-order valence-electron chi connectivity index (χ4n) is 4.79. The largest absolute Gasteiger partial charge is 0.466 e. The van der Waals surface area contributed by atoms with Gasteiger partial charge < -0.3 is 9.47 Å². The van der Waals surface area contributed by atoms with Crippen LogP contribution in [0, 0.1) is 5.92 Å². The van der Waals surface area contributed by atoms with Crippen molar-refractivity contribution in [3.63, 3.8) is 0 Å². The molecule has 0 unspecified atom stereocenters. The Labute approximate surface area is 251 Å². The van der Waals surface area contributed by atoms with E-state index in [1.165, 1.54) is 141 Å². The van der Waals surface area contributed by atoms with E-state index >= 15 is 0 Å². The van der Waals surface area contributed by atoms with Crippen LogP contribution in [0.2, 0.25) is 0 Å². The van der Waals surface area contributed by atoms with Gasteiger partial charge in [0, 0.05) is 12.8 Å². The van der Waals surface area contributed by atoms with E-state index in [0.29, 0.717) is 32.0 Å². The van der Waals surface area contributed by atoms with Crippen molar-refractivity contribution < 1.29 is 19.1 Å². The summed E-state index contributed by atoms with van der Waals surface area (Å²) in [6, 6.07) is 0. The molecule has 0 aliphatic heterocycles. The lowest BCUT2D eigenvalue weighted by atomic mass is 10.0. The van der Waals surface area contributed by atoms with Crippen molar-refractivity contribution in [2.24, 2.45) is 5.92 Å². The SMILES string of the molecule is CCCCCCCCCCCC(=O)OCC.CCCCCCCCCCCCCCCCCC(=O)OCC(C)C. The topological polar surface area (TPSA) is 52.6 Å². The summed E-state index contributed by atoms with van der Waals surface area (Å²) >= 11 is 0. The lowest BCUT2D eigenvalue weighted by molar-refractivity contribution is -0.145. The first kappa shape index (κ1) is 41.1. The number of hydrogen-bond acceptors (Lipinski definition) is 4. The highest BCUT2D eigenvalue weighted by molar-refractivity contribution is 5.69. The van der Waals surface area contributed by atoms with Crippen molar-refractivity contribution >= 4 is 11.9 Å². The summed E-state index contributed by atoms with van der Waals surface area (Å²) in [6.45, 7) is 11.6. The molecule has 0 aliphatic rings. The molecule has 240 valence electrons.